The predicted molar refractivity (Wildman–Crippen MR) is 140 cm³/mol. The number of carboxylic acids is 1. The van der Waals surface area contributed by atoms with Crippen LogP contribution >= 0.6 is 27.5 Å². The number of halogens is 2. The summed E-state index contributed by atoms with van der Waals surface area (Å²) in [6, 6.07) is 25.3. The average Bonchev–Trinajstić information content (AvgIpc) is 3.45. The van der Waals surface area contributed by atoms with Crippen molar-refractivity contribution in [2.24, 2.45) is 0 Å². The van der Waals surface area contributed by atoms with Gasteiger partial charge in [-0.15, -0.1) is 0 Å². The zero-order valence-electron chi connectivity index (χ0n) is 18.1. The third-order valence-electron chi connectivity index (χ3n) is 5.54. The maximum absolute atomic E-state index is 13.6. The molecule has 5 rings (SSSR count). The van der Waals surface area contributed by atoms with Gasteiger partial charge in [0.1, 0.15) is 11.5 Å². The highest BCUT2D eigenvalue weighted by Crippen LogP contribution is 2.37. The van der Waals surface area contributed by atoms with Crippen molar-refractivity contribution in [1.82, 2.24) is 0 Å². The summed E-state index contributed by atoms with van der Waals surface area (Å²) in [5.74, 6) is -0.258. The lowest BCUT2D eigenvalue weighted by molar-refractivity contribution is -0.113. The number of hydrogen-bond donors (Lipinski definition) is 1. The first-order chi connectivity index (χ1) is 16.9. The zero-order valence-corrected chi connectivity index (χ0v) is 20.5. The van der Waals surface area contributed by atoms with Crippen molar-refractivity contribution in [2.75, 3.05) is 4.90 Å². The third-order valence-corrected chi connectivity index (χ3v) is 6.40. The Balaban J connectivity index is 1.56. The molecule has 4 aromatic rings. The Morgan fingerprint density at radius 3 is 2.40 bits per heavy atom. The standard InChI is InChI=1S/C28H17BrClNO4/c29-20-8-6-18(7-9-20)26-13-11-22(35-26)14-19-15-25(17-4-2-1-3-5-17)31(27(19)32)21-10-12-24(30)23(16-21)28(33)34/h1-16H,(H,33,34)/b19-14-. The van der Waals surface area contributed by atoms with Crippen molar-refractivity contribution in [1.29, 1.82) is 0 Å². The van der Waals surface area contributed by atoms with Gasteiger partial charge < -0.3 is 9.52 Å². The van der Waals surface area contributed by atoms with Crippen LogP contribution in [0.4, 0.5) is 5.69 Å². The topological polar surface area (TPSA) is 70.8 Å². The fraction of sp³-hybridized carbons (Fsp3) is 0. The average molecular weight is 547 g/mol. The highest BCUT2D eigenvalue weighted by Gasteiger charge is 2.31. The van der Waals surface area contributed by atoms with Gasteiger partial charge in [0.25, 0.3) is 5.91 Å². The molecular weight excluding hydrogens is 530 g/mol. The van der Waals surface area contributed by atoms with Gasteiger partial charge >= 0.3 is 5.97 Å². The molecule has 0 bridgehead atoms. The minimum absolute atomic E-state index is 0.0769. The van der Waals surface area contributed by atoms with Crippen LogP contribution in [0.5, 0.6) is 0 Å². The van der Waals surface area contributed by atoms with E-state index < -0.39 is 5.97 Å². The van der Waals surface area contributed by atoms with Crippen LogP contribution in [0.3, 0.4) is 0 Å². The van der Waals surface area contributed by atoms with Crippen LogP contribution in [-0.4, -0.2) is 17.0 Å². The number of nitrogens with zero attached hydrogens (tertiary/aromatic N) is 1. The summed E-state index contributed by atoms with van der Waals surface area (Å²) in [6.45, 7) is 0. The van der Waals surface area contributed by atoms with Crippen molar-refractivity contribution >= 4 is 56.9 Å². The van der Waals surface area contributed by atoms with Gasteiger partial charge in [-0.3, -0.25) is 9.69 Å². The van der Waals surface area contributed by atoms with Gasteiger partial charge in [-0.1, -0.05) is 70.0 Å². The maximum atomic E-state index is 13.6. The second kappa shape index (κ2) is 9.41. The van der Waals surface area contributed by atoms with E-state index >= 15 is 0 Å². The van der Waals surface area contributed by atoms with E-state index in [1.807, 2.05) is 60.7 Å². The normalized spacial score (nSPS) is 14.5. The summed E-state index contributed by atoms with van der Waals surface area (Å²) in [5, 5.41) is 9.61. The number of carbonyl (C=O) groups excluding carboxylic acids is 1. The van der Waals surface area contributed by atoms with E-state index in [2.05, 4.69) is 15.9 Å². The number of hydrogen-bond acceptors (Lipinski definition) is 3. The highest BCUT2D eigenvalue weighted by atomic mass is 79.9. The Kier molecular flexibility index (Phi) is 6.16. The third kappa shape index (κ3) is 4.58. The number of rotatable bonds is 5. The van der Waals surface area contributed by atoms with E-state index in [9.17, 15) is 14.7 Å². The Labute approximate surface area is 214 Å². The molecule has 0 unspecified atom stereocenters. The van der Waals surface area contributed by atoms with Crippen LogP contribution in [0.25, 0.3) is 23.1 Å². The second-order valence-electron chi connectivity index (χ2n) is 7.81. The number of aromatic carboxylic acids is 1. The minimum atomic E-state index is -1.17. The van der Waals surface area contributed by atoms with Gasteiger partial charge in [0.2, 0.25) is 0 Å². The van der Waals surface area contributed by atoms with Crippen molar-refractivity contribution < 1.29 is 19.1 Å². The lowest BCUT2D eigenvalue weighted by Crippen LogP contribution is -2.25. The molecule has 1 amide bonds. The quantitative estimate of drug-likeness (QED) is 0.263. The van der Waals surface area contributed by atoms with E-state index in [1.165, 1.54) is 17.0 Å². The van der Waals surface area contributed by atoms with Gasteiger partial charge in [0.15, 0.2) is 0 Å². The number of carboxylic acid groups (broad SMARTS) is 1. The molecule has 7 heteroatoms. The molecule has 0 atom stereocenters. The van der Waals surface area contributed by atoms with Crippen molar-refractivity contribution in [3.63, 3.8) is 0 Å². The summed E-state index contributed by atoms with van der Waals surface area (Å²) in [4.78, 5) is 26.7. The molecule has 0 spiro atoms. The molecule has 172 valence electrons. The maximum Gasteiger partial charge on any atom is 0.337 e. The van der Waals surface area contributed by atoms with Gasteiger partial charge in [-0.2, -0.15) is 0 Å². The van der Waals surface area contributed by atoms with Gasteiger partial charge in [0, 0.05) is 15.6 Å². The smallest absolute Gasteiger partial charge is 0.337 e. The van der Waals surface area contributed by atoms with E-state index in [1.54, 1.807) is 24.3 Å². The Hall–Kier alpha value is -3.87. The Bertz CT molecular complexity index is 1500. The zero-order chi connectivity index (χ0) is 24.5. The molecule has 1 aliphatic heterocycles. The number of carbonyl (C=O) groups is 2. The first-order valence-corrected chi connectivity index (χ1v) is 11.8. The summed E-state index contributed by atoms with van der Waals surface area (Å²) >= 11 is 9.49. The highest BCUT2D eigenvalue weighted by molar-refractivity contribution is 9.10. The van der Waals surface area contributed by atoms with Crippen LogP contribution in [0.15, 0.2) is 105 Å². The largest absolute Gasteiger partial charge is 0.478 e. The molecule has 0 saturated carbocycles. The molecule has 0 fully saturated rings. The molecular formula is C28H17BrClNO4. The molecule has 1 aliphatic rings. The fourth-order valence-corrected chi connectivity index (χ4v) is 4.33. The van der Waals surface area contributed by atoms with E-state index in [0.29, 0.717) is 28.5 Å². The van der Waals surface area contributed by atoms with Crippen LogP contribution in [0, 0.1) is 0 Å². The summed E-state index contributed by atoms with van der Waals surface area (Å²) < 4.78 is 6.95. The lowest BCUT2D eigenvalue weighted by Gasteiger charge is -2.21. The monoisotopic (exact) mass is 545 g/mol. The summed E-state index contributed by atoms with van der Waals surface area (Å²) in [5.41, 5.74) is 3.09. The molecule has 1 aromatic heterocycles. The molecule has 3 aromatic carbocycles. The van der Waals surface area contributed by atoms with Gasteiger partial charge in [-0.25, -0.2) is 4.79 Å². The number of furan rings is 1. The minimum Gasteiger partial charge on any atom is -0.478 e. The van der Waals surface area contributed by atoms with Crippen molar-refractivity contribution in [3.8, 4) is 11.3 Å². The van der Waals surface area contributed by atoms with E-state index in [-0.39, 0.29) is 16.5 Å². The van der Waals surface area contributed by atoms with Crippen molar-refractivity contribution in [3.05, 3.63) is 123 Å². The first-order valence-electron chi connectivity index (χ1n) is 10.6. The van der Waals surface area contributed by atoms with Gasteiger partial charge in [-0.05, 0) is 60.2 Å². The Morgan fingerprint density at radius 2 is 1.69 bits per heavy atom. The summed E-state index contributed by atoms with van der Waals surface area (Å²) in [6.07, 6.45) is 3.45. The SMILES string of the molecule is O=C(O)c1cc(N2C(=O)/C(=C\c3ccc(-c4ccc(Br)cc4)o3)C=C2c2ccccc2)ccc1Cl. The Morgan fingerprint density at radius 1 is 0.943 bits per heavy atom. The molecule has 0 aliphatic carbocycles. The number of anilines is 1. The van der Waals surface area contributed by atoms with E-state index in [0.717, 1.165) is 15.6 Å². The summed E-state index contributed by atoms with van der Waals surface area (Å²) in [7, 11) is 0. The van der Waals surface area contributed by atoms with E-state index in [4.69, 9.17) is 16.0 Å². The molecule has 5 nitrogen and oxygen atoms in total. The van der Waals surface area contributed by atoms with Gasteiger partial charge in [0.05, 0.1) is 22.0 Å². The lowest BCUT2D eigenvalue weighted by atomic mass is 10.1. The molecule has 1 N–H and O–H groups in total. The molecule has 2 heterocycles. The van der Waals surface area contributed by atoms with Crippen molar-refractivity contribution in [2.45, 2.75) is 0 Å². The van der Waals surface area contributed by atoms with Crippen LogP contribution < -0.4 is 4.90 Å². The first kappa shape index (κ1) is 22.9. The molecule has 35 heavy (non-hydrogen) atoms. The number of amides is 1. The van der Waals surface area contributed by atoms with Crippen LogP contribution in [-0.2, 0) is 4.79 Å². The molecule has 0 saturated heterocycles. The van der Waals surface area contributed by atoms with Crippen LogP contribution in [0.1, 0.15) is 21.7 Å². The predicted octanol–water partition coefficient (Wildman–Crippen LogP) is 7.53. The van der Waals surface area contributed by atoms with Crippen LogP contribution in [0.2, 0.25) is 5.02 Å². The fourth-order valence-electron chi connectivity index (χ4n) is 3.86. The molecule has 0 radical (unpaired) electrons. The number of benzene rings is 3. The second-order valence-corrected chi connectivity index (χ2v) is 9.14.